The summed E-state index contributed by atoms with van der Waals surface area (Å²) in [7, 11) is 0. The van der Waals surface area contributed by atoms with Gasteiger partial charge in [-0.1, -0.05) is 12.1 Å². The molecule has 1 fully saturated rings. The molecule has 1 aromatic rings. The zero-order valence-electron chi connectivity index (χ0n) is 15.4. The second-order valence-corrected chi connectivity index (χ2v) is 7.02. The summed E-state index contributed by atoms with van der Waals surface area (Å²) in [6.07, 6.45) is 3.18. The normalized spacial score (nSPS) is 17.2. The van der Waals surface area contributed by atoms with Gasteiger partial charge in [-0.05, 0) is 44.2 Å². The Balaban J connectivity index is 1.40. The summed E-state index contributed by atoms with van der Waals surface area (Å²) in [4.78, 5) is 49.3. The van der Waals surface area contributed by atoms with Crippen molar-refractivity contribution in [3.8, 4) is 6.07 Å². The topological polar surface area (TPSA) is 117 Å². The Bertz CT molecular complexity index is 817. The molecular formula is C20H21N3O5. The van der Waals surface area contributed by atoms with Crippen molar-refractivity contribution in [3.05, 3.63) is 35.4 Å². The summed E-state index contributed by atoms with van der Waals surface area (Å²) in [5, 5.41) is 11.9. The summed E-state index contributed by atoms with van der Waals surface area (Å²) in [6, 6.07) is 8.72. The maximum absolute atomic E-state index is 12.2. The number of nitrogens with one attached hydrogen (secondary N) is 1. The number of fused-ring (bicyclic) bond motifs is 1. The lowest BCUT2D eigenvalue weighted by Crippen LogP contribution is -2.46. The van der Waals surface area contributed by atoms with E-state index in [1.807, 2.05) is 0 Å². The van der Waals surface area contributed by atoms with E-state index in [0.29, 0.717) is 24.0 Å². The molecule has 0 radical (unpaired) electrons. The minimum Gasteiger partial charge on any atom is -0.456 e. The highest BCUT2D eigenvalue weighted by molar-refractivity contribution is 6.21. The van der Waals surface area contributed by atoms with Gasteiger partial charge in [0.2, 0.25) is 0 Å². The lowest BCUT2D eigenvalue weighted by atomic mass is 10.00. The van der Waals surface area contributed by atoms with E-state index in [-0.39, 0.29) is 31.2 Å². The third kappa shape index (κ3) is 4.03. The third-order valence-corrected chi connectivity index (χ3v) is 5.05. The molecule has 28 heavy (non-hydrogen) atoms. The second kappa shape index (κ2) is 8.21. The van der Waals surface area contributed by atoms with Crippen LogP contribution in [0.1, 0.15) is 59.2 Å². The van der Waals surface area contributed by atoms with E-state index in [1.54, 1.807) is 24.3 Å². The zero-order valence-corrected chi connectivity index (χ0v) is 15.4. The van der Waals surface area contributed by atoms with Crippen LogP contribution in [0.15, 0.2) is 24.3 Å². The van der Waals surface area contributed by atoms with E-state index >= 15 is 0 Å². The molecule has 1 heterocycles. The standard InChI is InChI=1S/C20H21N3O5/c21-13-20(9-3-4-10-20)22-16(24)12-28-17(25)8-5-11-23-18(26)14-6-1-2-7-15(14)19(23)27/h1-2,6-7H,3-5,8-12H2,(H,22,24). The van der Waals surface area contributed by atoms with Crippen LogP contribution < -0.4 is 5.32 Å². The number of nitrogens with zero attached hydrogens (tertiary/aromatic N) is 2. The molecule has 0 spiro atoms. The number of carbonyl (C=O) groups excluding carboxylic acids is 4. The van der Waals surface area contributed by atoms with E-state index in [0.717, 1.165) is 17.7 Å². The van der Waals surface area contributed by atoms with Crippen molar-refractivity contribution in [1.29, 1.82) is 5.26 Å². The van der Waals surface area contributed by atoms with Crippen LogP contribution in [-0.2, 0) is 14.3 Å². The lowest BCUT2D eigenvalue weighted by molar-refractivity contribution is -0.149. The van der Waals surface area contributed by atoms with Crippen molar-refractivity contribution < 1.29 is 23.9 Å². The van der Waals surface area contributed by atoms with Crippen molar-refractivity contribution >= 4 is 23.7 Å². The van der Waals surface area contributed by atoms with Gasteiger partial charge in [0.1, 0.15) is 5.54 Å². The highest BCUT2D eigenvalue weighted by Gasteiger charge is 2.36. The second-order valence-electron chi connectivity index (χ2n) is 7.02. The summed E-state index contributed by atoms with van der Waals surface area (Å²) in [5.41, 5.74) is -0.121. The minimum atomic E-state index is -0.852. The number of esters is 1. The van der Waals surface area contributed by atoms with Gasteiger partial charge >= 0.3 is 5.97 Å². The monoisotopic (exact) mass is 383 g/mol. The number of ether oxygens (including phenoxy) is 1. The Morgan fingerprint density at radius 1 is 1.14 bits per heavy atom. The summed E-state index contributed by atoms with van der Waals surface area (Å²) in [5.74, 6) is -1.83. The molecule has 1 saturated carbocycles. The van der Waals surface area contributed by atoms with Crippen molar-refractivity contribution in [2.75, 3.05) is 13.2 Å². The number of carbonyl (C=O) groups is 4. The van der Waals surface area contributed by atoms with Crippen LogP contribution in [-0.4, -0.2) is 47.3 Å². The molecule has 0 atom stereocenters. The van der Waals surface area contributed by atoms with Gasteiger partial charge in [-0.3, -0.25) is 24.1 Å². The molecule has 8 nitrogen and oxygen atoms in total. The average Bonchev–Trinajstić information content (AvgIpc) is 3.26. The molecule has 0 aromatic heterocycles. The largest absolute Gasteiger partial charge is 0.456 e. The van der Waals surface area contributed by atoms with E-state index < -0.39 is 24.0 Å². The van der Waals surface area contributed by atoms with Crippen LogP contribution in [0.4, 0.5) is 0 Å². The van der Waals surface area contributed by atoms with Gasteiger partial charge in [0, 0.05) is 13.0 Å². The van der Waals surface area contributed by atoms with Gasteiger partial charge < -0.3 is 10.1 Å². The van der Waals surface area contributed by atoms with Gasteiger partial charge in [0.25, 0.3) is 17.7 Å². The number of hydrogen-bond donors (Lipinski definition) is 1. The van der Waals surface area contributed by atoms with E-state index in [4.69, 9.17) is 4.74 Å². The predicted octanol–water partition coefficient (Wildman–Crippen LogP) is 1.56. The molecule has 0 unspecified atom stereocenters. The number of rotatable bonds is 7. The first-order valence-corrected chi connectivity index (χ1v) is 9.29. The molecule has 2 aliphatic rings. The molecule has 1 N–H and O–H groups in total. The average molecular weight is 383 g/mol. The molecule has 3 rings (SSSR count). The molecule has 146 valence electrons. The van der Waals surface area contributed by atoms with Crippen molar-refractivity contribution in [3.63, 3.8) is 0 Å². The van der Waals surface area contributed by atoms with Crippen LogP contribution in [0.2, 0.25) is 0 Å². The molecular weight excluding hydrogens is 362 g/mol. The molecule has 8 heteroatoms. The Hall–Kier alpha value is -3.21. The maximum Gasteiger partial charge on any atom is 0.306 e. The Kier molecular flexibility index (Phi) is 5.73. The Labute approximate surface area is 162 Å². The van der Waals surface area contributed by atoms with Crippen LogP contribution in [0.5, 0.6) is 0 Å². The quantitative estimate of drug-likeness (QED) is 0.564. The van der Waals surface area contributed by atoms with Gasteiger partial charge in [0.05, 0.1) is 17.2 Å². The molecule has 1 aliphatic heterocycles. The number of hydrogen-bond acceptors (Lipinski definition) is 6. The fourth-order valence-electron chi connectivity index (χ4n) is 3.59. The summed E-state index contributed by atoms with van der Waals surface area (Å²) < 4.78 is 4.94. The Morgan fingerprint density at radius 3 is 2.32 bits per heavy atom. The number of nitriles is 1. The molecule has 0 saturated heterocycles. The highest BCUT2D eigenvalue weighted by atomic mass is 16.5. The first kappa shape index (κ1) is 19.5. The lowest BCUT2D eigenvalue weighted by Gasteiger charge is -2.21. The van der Waals surface area contributed by atoms with Gasteiger partial charge in [0.15, 0.2) is 6.61 Å². The van der Waals surface area contributed by atoms with Crippen molar-refractivity contribution in [2.45, 2.75) is 44.1 Å². The first-order valence-electron chi connectivity index (χ1n) is 9.29. The number of amides is 3. The number of imide groups is 1. The predicted molar refractivity (Wildman–Crippen MR) is 97.0 cm³/mol. The van der Waals surface area contributed by atoms with Crippen LogP contribution >= 0.6 is 0 Å². The van der Waals surface area contributed by atoms with Crippen LogP contribution in [0.3, 0.4) is 0 Å². The first-order chi connectivity index (χ1) is 13.5. The van der Waals surface area contributed by atoms with Crippen LogP contribution in [0.25, 0.3) is 0 Å². The fraction of sp³-hybridized carbons (Fsp3) is 0.450. The van der Waals surface area contributed by atoms with E-state index in [1.165, 1.54) is 0 Å². The molecule has 1 aliphatic carbocycles. The maximum atomic E-state index is 12.2. The number of benzene rings is 1. The molecule has 0 bridgehead atoms. The van der Waals surface area contributed by atoms with E-state index in [2.05, 4.69) is 11.4 Å². The summed E-state index contributed by atoms with van der Waals surface area (Å²) >= 11 is 0. The highest BCUT2D eigenvalue weighted by Crippen LogP contribution is 2.28. The SMILES string of the molecule is N#CC1(NC(=O)COC(=O)CCCN2C(=O)c3ccccc3C2=O)CCCC1. The van der Waals surface area contributed by atoms with Crippen molar-refractivity contribution in [1.82, 2.24) is 10.2 Å². The zero-order chi connectivity index (χ0) is 20.1. The molecule has 3 amide bonds. The smallest absolute Gasteiger partial charge is 0.306 e. The third-order valence-electron chi connectivity index (χ3n) is 5.05. The van der Waals surface area contributed by atoms with Gasteiger partial charge in [-0.2, -0.15) is 5.26 Å². The van der Waals surface area contributed by atoms with Crippen molar-refractivity contribution in [2.24, 2.45) is 0 Å². The molecule has 1 aromatic carbocycles. The van der Waals surface area contributed by atoms with Gasteiger partial charge in [-0.15, -0.1) is 0 Å². The fourth-order valence-corrected chi connectivity index (χ4v) is 3.59. The van der Waals surface area contributed by atoms with Crippen LogP contribution in [0, 0.1) is 11.3 Å². The van der Waals surface area contributed by atoms with Gasteiger partial charge in [-0.25, -0.2) is 0 Å². The minimum absolute atomic E-state index is 0.0237. The Morgan fingerprint density at radius 2 is 1.75 bits per heavy atom. The summed E-state index contributed by atoms with van der Waals surface area (Å²) in [6.45, 7) is -0.347. The van der Waals surface area contributed by atoms with E-state index in [9.17, 15) is 24.4 Å².